The maximum atomic E-state index is 11.3. The first-order valence-corrected chi connectivity index (χ1v) is 21.4. The van der Waals surface area contributed by atoms with E-state index in [1.807, 2.05) is 0 Å². The molecule has 0 bridgehead atoms. The van der Waals surface area contributed by atoms with Crippen LogP contribution in [0.4, 0.5) is 0 Å². The number of unbranched alkanes of at least 4 members (excludes halogenated alkanes) is 28. The normalized spacial score (nSPS) is 10.6. The second kappa shape index (κ2) is 49.3. The van der Waals surface area contributed by atoms with Crippen LogP contribution < -0.4 is 0 Å². The molecule has 0 aromatic rings. The predicted molar refractivity (Wildman–Crippen MR) is 217 cm³/mol. The van der Waals surface area contributed by atoms with Gasteiger partial charge in [-0.25, -0.2) is 0 Å². The van der Waals surface area contributed by atoms with Gasteiger partial charge in [0.2, 0.25) is 0 Å². The summed E-state index contributed by atoms with van der Waals surface area (Å²) in [4.78, 5) is 22.6. The van der Waals surface area contributed by atoms with Crippen LogP contribution in [0, 0.1) is 0 Å². The largest absolute Gasteiger partial charge is 2.00 e. The van der Waals surface area contributed by atoms with Crippen molar-refractivity contribution in [1.29, 1.82) is 0 Å². The van der Waals surface area contributed by atoms with Crippen molar-refractivity contribution >= 4 is 86.1 Å². The van der Waals surface area contributed by atoms with E-state index >= 15 is 0 Å². The zero-order valence-corrected chi connectivity index (χ0v) is 37.9. The van der Waals surface area contributed by atoms with Gasteiger partial charge in [0.05, 0.1) is 0 Å². The minimum Gasteiger partial charge on any atom is -1.00 e. The van der Waals surface area contributed by atoms with Crippen LogP contribution in [0.2, 0.25) is 0 Å². The molecule has 280 valence electrons. The molecule has 0 N–H and O–H groups in total. The number of thiol groups is 2. The predicted octanol–water partition coefficient (Wildman–Crippen LogP) is 13.3. The Kier molecular flexibility index (Phi) is 55.2. The minimum absolute atomic E-state index is 0. The number of ether oxygens (including phenoxy) is 2. The first-order valence-electron chi connectivity index (χ1n) is 20.1. The van der Waals surface area contributed by atoms with E-state index in [9.17, 15) is 9.59 Å². The SMILES string of the molecule is CCCCCCCCCCCCCCCCCC(=O)OCCS.CCCCCCCCCCCCCCCCCC(=O)OCCS.[Ba+2].[H-].[H-]. The maximum absolute atomic E-state index is 11.3. The van der Waals surface area contributed by atoms with E-state index in [2.05, 4.69) is 39.1 Å². The first kappa shape index (κ1) is 52.6. The molecule has 0 saturated heterocycles. The Morgan fingerprint density at radius 2 is 0.574 bits per heavy atom. The van der Waals surface area contributed by atoms with Crippen LogP contribution >= 0.6 is 25.3 Å². The maximum Gasteiger partial charge on any atom is 2.00 e. The summed E-state index contributed by atoms with van der Waals surface area (Å²) >= 11 is 8.04. The van der Waals surface area contributed by atoms with Crippen molar-refractivity contribution < 1.29 is 21.9 Å². The molecule has 0 rings (SSSR count). The Hall–Kier alpha value is 1.21. The van der Waals surface area contributed by atoms with E-state index in [0.29, 0.717) is 37.6 Å². The van der Waals surface area contributed by atoms with Crippen molar-refractivity contribution in [2.45, 2.75) is 219 Å². The smallest absolute Gasteiger partial charge is 1.00 e. The van der Waals surface area contributed by atoms with Gasteiger partial charge in [-0.05, 0) is 12.8 Å². The monoisotopic (exact) mass is 828 g/mol. The van der Waals surface area contributed by atoms with Gasteiger partial charge in [-0.15, -0.1) is 0 Å². The molecule has 0 spiro atoms. The third-order valence-corrected chi connectivity index (χ3v) is 9.04. The summed E-state index contributed by atoms with van der Waals surface area (Å²) in [5, 5.41) is 0. The topological polar surface area (TPSA) is 52.6 Å². The number of carbonyl (C=O) groups excluding carboxylic acids is 2. The number of carbonyl (C=O) groups is 2. The number of esters is 2. The van der Waals surface area contributed by atoms with Crippen molar-refractivity contribution in [2.24, 2.45) is 0 Å². The van der Waals surface area contributed by atoms with E-state index in [4.69, 9.17) is 9.47 Å². The summed E-state index contributed by atoms with van der Waals surface area (Å²) in [6.45, 7) is 5.44. The third kappa shape index (κ3) is 51.7. The van der Waals surface area contributed by atoms with Crippen molar-refractivity contribution in [1.82, 2.24) is 0 Å². The van der Waals surface area contributed by atoms with E-state index in [1.165, 1.54) is 167 Å². The van der Waals surface area contributed by atoms with Gasteiger partial charge in [0, 0.05) is 24.3 Å². The number of rotatable bonds is 36. The van der Waals surface area contributed by atoms with Crippen molar-refractivity contribution in [3.63, 3.8) is 0 Å². The van der Waals surface area contributed by atoms with Gasteiger partial charge in [0.1, 0.15) is 13.2 Å². The van der Waals surface area contributed by atoms with Gasteiger partial charge in [-0.3, -0.25) is 9.59 Å². The Morgan fingerprint density at radius 1 is 0.383 bits per heavy atom. The van der Waals surface area contributed by atoms with Gasteiger partial charge in [0.15, 0.2) is 0 Å². The molecule has 0 aliphatic rings. The van der Waals surface area contributed by atoms with E-state index < -0.39 is 0 Å². The number of hydrogen-bond acceptors (Lipinski definition) is 6. The first-order chi connectivity index (χ1) is 22.6. The quantitative estimate of drug-likeness (QED) is 0.0286. The van der Waals surface area contributed by atoms with Gasteiger partial charge < -0.3 is 12.3 Å². The molecule has 0 unspecified atom stereocenters. The Balaban J connectivity index is -0.000000248. The van der Waals surface area contributed by atoms with Crippen LogP contribution in [0.3, 0.4) is 0 Å². The summed E-state index contributed by atoms with van der Waals surface area (Å²) in [6, 6.07) is 0. The van der Waals surface area contributed by atoms with Gasteiger partial charge in [0.25, 0.3) is 0 Å². The van der Waals surface area contributed by atoms with Crippen LogP contribution in [-0.4, -0.2) is 85.5 Å². The zero-order chi connectivity index (χ0) is 34.0. The molecule has 47 heavy (non-hydrogen) atoms. The van der Waals surface area contributed by atoms with Gasteiger partial charge in [-0.1, -0.05) is 194 Å². The molecule has 0 aliphatic carbocycles. The molecule has 0 atom stereocenters. The summed E-state index contributed by atoms with van der Waals surface area (Å²) in [5.74, 6) is 1.11. The molecule has 0 fully saturated rings. The van der Waals surface area contributed by atoms with Crippen LogP contribution in [-0.2, 0) is 19.1 Å². The fourth-order valence-electron chi connectivity index (χ4n) is 5.74. The summed E-state index contributed by atoms with van der Waals surface area (Å²) in [5.41, 5.74) is 0. The van der Waals surface area contributed by atoms with Crippen molar-refractivity contribution in [3.8, 4) is 0 Å². The van der Waals surface area contributed by atoms with E-state index in [1.54, 1.807) is 0 Å². The fraction of sp³-hybridized carbons (Fsp3) is 0.950. The van der Waals surface area contributed by atoms with Crippen LogP contribution in [0.1, 0.15) is 222 Å². The average molecular weight is 829 g/mol. The fourth-order valence-corrected chi connectivity index (χ4v) is 5.93. The van der Waals surface area contributed by atoms with Crippen molar-refractivity contribution in [3.05, 3.63) is 0 Å². The molecule has 0 amide bonds. The second-order valence-electron chi connectivity index (χ2n) is 13.3. The number of hydrogen-bond donors (Lipinski definition) is 2. The summed E-state index contributed by atoms with van der Waals surface area (Å²) < 4.78 is 9.99. The minimum atomic E-state index is -0.0613. The molecule has 0 heterocycles. The molecule has 0 saturated carbocycles. The van der Waals surface area contributed by atoms with E-state index in [0.717, 1.165) is 25.7 Å². The molecule has 7 heteroatoms. The molecular formula is C40H82BaO4S2. The molecule has 0 aromatic heterocycles. The van der Waals surface area contributed by atoms with Gasteiger partial charge in [-0.2, -0.15) is 25.3 Å². The van der Waals surface area contributed by atoms with Crippen LogP contribution in [0.15, 0.2) is 0 Å². The standard InChI is InChI=1S/2C20H40O2S.Ba.2H/c2*1-2-3-4-5-6-7-8-9-10-11-12-13-14-15-16-17-20(21)22-18-19-23;;;/h2*23H,2-19H2,1H3;;;/q;;+2;2*-1. The molecule has 0 radical (unpaired) electrons. The summed E-state index contributed by atoms with van der Waals surface area (Å²) in [6.07, 6.45) is 41.6. The summed E-state index contributed by atoms with van der Waals surface area (Å²) in [7, 11) is 0. The Morgan fingerprint density at radius 3 is 0.766 bits per heavy atom. The molecule has 4 nitrogen and oxygen atoms in total. The van der Waals surface area contributed by atoms with Gasteiger partial charge >= 0.3 is 60.8 Å². The second-order valence-corrected chi connectivity index (χ2v) is 14.2. The molecular weight excluding hydrogens is 746 g/mol. The molecule has 0 aliphatic heterocycles. The Labute approximate surface area is 348 Å². The van der Waals surface area contributed by atoms with Crippen LogP contribution in [0.5, 0.6) is 0 Å². The average Bonchev–Trinajstić information content (AvgIpc) is 3.06. The third-order valence-electron chi connectivity index (χ3n) is 8.68. The van der Waals surface area contributed by atoms with E-state index in [-0.39, 0.29) is 63.7 Å². The van der Waals surface area contributed by atoms with Crippen molar-refractivity contribution in [2.75, 3.05) is 24.7 Å². The van der Waals surface area contributed by atoms with Crippen LogP contribution in [0.25, 0.3) is 0 Å². The molecule has 0 aromatic carbocycles. The zero-order valence-electron chi connectivity index (χ0n) is 33.7. The Bertz CT molecular complexity index is 557.